The molecule has 0 aromatic carbocycles. The number of nitrogens with one attached hydrogen (secondary N) is 2. The summed E-state index contributed by atoms with van der Waals surface area (Å²) in [5.41, 5.74) is 0. The van der Waals surface area contributed by atoms with Gasteiger partial charge in [0.1, 0.15) is 17.5 Å². The number of hydrogen-bond acceptors (Lipinski definition) is 5. The van der Waals surface area contributed by atoms with Gasteiger partial charge in [-0.15, -0.1) is 0 Å². The molecule has 118 valence electrons. The molecule has 0 radical (unpaired) electrons. The van der Waals surface area contributed by atoms with Crippen molar-refractivity contribution in [2.75, 3.05) is 37.3 Å². The van der Waals surface area contributed by atoms with E-state index in [4.69, 9.17) is 0 Å². The third-order valence-electron chi connectivity index (χ3n) is 4.00. The Morgan fingerprint density at radius 3 is 2.48 bits per heavy atom. The molecule has 0 aliphatic carbocycles. The second-order valence-electron chi connectivity index (χ2n) is 6.16. The molecule has 0 amide bonds. The second kappa shape index (κ2) is 7.59. The summed E-state index contributed by atoms with van der Waals surface area (Å²) >= 11 is 0. The average molecular weight is 291 g/mol. The molecular weight excluding hydrogens is 262 g/mol. The van der Waals surface area contributed by atoms with E-state index in [-0.39, 0.29) is 0 Å². The van der Waals surface area contributed by atoms with Crippen LogP contribution in [0.1, 0.15) is 51.8 Å². The van der Waals surface area contributed by atoms with Gasteiger partial charge in [-0.1, -0.05) is 20.8 Å². The van der Waals surface area contributed by atoms with Gasteiger partial charge in [0, 0.05) is 38.2 Å². The third kappa shape index (κ3) is 4.56. The summed E-state index contributed by atoms with van der Waals surface area (Å²) in [7, 11) is 1.90. The molecule has 1 aliphatic heterocycles. The van der Waals surface area contributed by atoms with E-state index in [1.807, 2.05) is 13.1 Å². The van der Waals surface area contributed by atoms with Crippen LogP contribution in [-0.2, 0) is 0 Å². The number of piperidine rings is 1. The van der Waals surface area contributed by atoms with Gasteiger partial charge in [0.15, 0.2) is 0 Å². The first-order valence-electron chi connectivity index (χ1n) is 8.18. The van der Waals surface area contributed by atoms with Crippen molar-refractivity contribution in [3.8, 4) is 0 Å². The van der Waals surface area contributed by atoms with Gasteiger partial charge in [0.05, 0.1) is 0 Å². The predicted octanol–water partition coefficient (Wildman–Crippen LogP) is 2.93. The van der Waals surface area contributed by atoms with E-state index in [9.17, 15) is 0 Å². The number of rotatable bonds is 6. The third-order valence-corrected chi connectivity index (χ3v) is 4.00. The number of aromatic nitrogens is 2. The monoisotopic (exact) mass is 291 g/mol. The average Bonchev–Trinajstić information content (AvgIpc) is 2.49. The summed E-state index contributed by atoms with van der Waals surface area (Å²) in [5.74, 6) is 3.07. The SMILES string of the molecule is CCCN1CCC(Nc2cc(NC)nc(C(C)C)n2)CC1. The van der Waals surface area contributed by atoms with Gasteiger partial charge in [-0.2, -0.15) is 0 Å². The first kappa shape index (κ1) is 16.0. The molecule has 1 aromatic heterocycles. The van der Waals surface area contributed by atoms with Crippen LogP contribution in [0.3, 0.4) is 0 Å². The maximum Gasteiger partial charge on any atom is 0.135 e. The minimum Gasteiger partial charge on any atom is -0.373 e. The first-order valence-corrected chi connectivity index (χ1v) is 8.18. The van der Waals surface area contributed by atoms with E-state index in [0.717, 1.165) is 17.5 Å². The molecule has 5 heteroatoms. The Morgan fingerprint density at radius 1 is 1.24 bits per heavy atom. The van der Waals surface area contributed by atoms with Crippen molar-refractivity contribution in [1.29, 1.82) is 0 Å². The predicted molar refractivity (Wildman–Crippen MR) is 89.0 cm³/mol. The molecule has 2 rings (SSSR count). The van der Waals surface area contributed by atoms with Crippen LogP contribution in [0.2, 0.25) is 0 Å². The molecule has 0 atom stereocenters. The van der Waals surface area contributed by atoms with E-state index in [1.54, 1.807) is 0 Å². The number of nitrogens with zero attached hydrogens (tertiary/aromatic N) is 3. The van der Waals surface area contributed by atoms with Crippen LogP contribution in [0.25, 0.3) is 0 Å². The van der Waals surface area contributed by atoms with Crippen molar-refractivity contribution in [2.24, 2.45) is 0 Å². The zero-order chi connectivity index (χ0) is 15.2. The highest BCUT2D eigenvalue weighted by atomic mass is 15.2. The van der Waals surface area contributed by atoms with Crippen molar-refractivity contribution < 1.29 is 0 Å². The Morgan fingerprint density at radius 2 is 1.90 bits per heavy atom. The van der Waals surface area contributed by atoms with Crippen molar-refractivity contribution in [1.82, 2.24) is 14.9 Å². The lowest BCUT2D eigenvalue weighted by Gasteiger charge is -2.32. The fourth-order valence-electron chi connectivity index (χ4n) is 2.75. The maximum atomic E-state index is 4.65. The largest absolute Gasteiger partial charge is 0.373 e. The Kier molecular flexibility index (Phi) is 5.79. The molecule has 0 spiro atoms. The summed E-state index contributed by atoms with van der Waals surface area (Å²) in [6.45, 7) is 10.1. The van der Waals surface area contributed by atoms with Gasteiger partial charge in [0.25, 0.3) is 0 Å². The normalized spacial score (nSPS) is 17.2. The van der Waals surface area contributed by atoms with Gasteiger partial charge in [0.2, 0.25) is 0 Å². The Hall–Kier alpha value is -1.36. The lowest BCUT2D eigenvalue weighted by molar-refractivity contribution is 0.219. The smallest absolute Gasteiger partial charge is 0.135 e. The van der Waals surface area contributed by atoms with Gasteiger partial charge in [-0.05, 0) is 25.8 Å². The van der Waals surface area contributed by atoms with E-state index < -0.39 is 0 Å². The molecule has 0 bridgehead atoms. The molecule has 2 heterocycles. The van der Waals surface area contributed by atoms with E-state index in [1.165, 1.54) is 38.9 Å². The summed E-state index contributed by atoms with van der Waals surface area (Å²) in [6, 6.07) is 2.53. The minimum atomic E-state index is 0.338. The van der Waals surface area contributed by atoms with Gasteiger partial charge in [-0.25, -0.2) is 9.97 Å². The molecule has 1 fully saturated rings. The van der Waals surface area contributed by atoms with Crippen LogP contribution in [0, 0.1) is 0 Å². The number of hydrogen-bond donors (Lipinski definition) is 2. The zero-order valence-electron chi connectivity index (χ0n) is 13.8. The molecule has 0 saturated carbocycles. The van der Waals surface area contributed by atoms with Crippen molar-refractivity contribution in [3.63, 3.8) is 0 Å². The fraction of sp³-hybridized carbons (Fsp3) is 0.750. The molecule has 5 nitrogen and oxygen atoms in total. The molecule has 0 unspecified atom stereocenters. The molecule has 1 aliphatic rings. The van der Waals surface area contributed by atoms with Crippen LogP contribution in [-0.4, -0.2) is 47.6 Å². The quantitative estimate of drug-likeness (QED) is 0.844. The zero-order valence-corrected chi connectivity index (χ0v) is 13.8. The topological polar surface area (TPSA) is 53.1 Å². The van der Waals surface area contributed by atoms with Crippen molar-refractivity contribution in [2.45, 2.75) is 52.0 Å². The summed E-state index contributed by atoms with van der Waals surface area (Å²) < 4.78 is 0. The first-order chi connectivity index (χ1) is 10.1. The fourth-order valence-corrected chi connectivity index (χ4v) is 2.75. The second-order valence-corrected chi connectivity index (χ2v) is 6.16. The maximum absolute atomic E-state index is 4.65. The van der Waals surface area contributed by atoms with E-state index in [0.29, 0.717) is 12.0 Å². The Bertz CT molecular complexity index is 438. The minimum absolute atomic E-state index is 0.338. The summed E-state index contributed by atoms with van der Waals surface area (Å²) in [4.78, 5) is 11.7. The molecule has 1 saturated heterocycles. The van der Waals surface area contributed by atoms with E-state index in [2.05, 4.69) is 46.3 Å². The van der Waals surface area contributed by atoms with Crippen LogP contribution in [0.4, 0.5) is 11.6 Å². The molecule has 21 heavy (non-hydrogen) atoms. The van der Waals surface area contributed by atoms with Crippen molar-refractivity contribution in [3.05, 3.63) is 11.9 Å². The van der Waals surface area contributed by atoms with Crippen LogP contribution < -0.4 is 10.6 Å². The highest BCUT2D eigenvalue weighted by Gasteiger charge is 2.19. The highest BCUT2D eigenvalue weighted by Crippen LogP contribution is 2.20. The Labute approximate surface area is 128 Å². The lowest BCUT2D eigenvalue weighted by atomic mass is 10.0. The molecule has 2 N–H and O–H groups in total. The van der Waals surface area contributed by atoms with Crippen LogP contribution >= 0.6 is 0 Å². The van der Waals surface area contributed by atoms with Gasteiger partial charge < -0.3 is 15.5 Å². The standard InChI is InChI=1S/C16H29N5/c1-5-8-21-9-6-13(7-10-21)18-15-11-14(17-4)19-16(20-15)12(2)3/h11-13H,5-10H2,1-4H3,(H2,17,18,19,20). The van der Waals surface area contributed by atoms with E-state index >= 15 is 0 Å². The van der Waals surface area contributed by atoms with Gasteiger partial charge >= 0.3 is 0 Å². The summed E-state index contributed by atoms with van der Waals surface area (Å²) in [5, 5.41) is 6.72. The lowest BCUT2D eigenvalue weighted by Crippen LogP contribution is -2.39. The summed E-state index contributed by atoms with van der Waals surface area (Å²) in [6.07, 6.45) is 3.62. The van der Waals surface area contributed by atoms with Gasteiger partial charge in [-0.3, -0.25) is 0 Å². The highest BCUT2D eigenvalue weighted by molar-refractivity contribution is 5.48. The molecule has 1 aromatic rings. The Balaban J connectivity index is 1.98. The number of likely N-dealkylation sites (tertiary alicyclic amines) is 1. The molecular formula is C16H29N5. The number of anilines is 2. The van der Waals surface area contributed by atoms with Crippen LogP contribution in [0.15, 0.2) is 6.07 Å². The van der Waals surface area contributed by atoms with Crippen LogP contribution in [0.5, 0.6) is 0 Å². The van der Waals surface area contributed by atoms with Crippen molar-refractivity contribution >= 4 is 11.6 Å².